The molecule has 0 amide bonds. The fourth-order valence-electron chi connectivity index (χ4n) is 1.72. The van der Waals surface area contributed by atoms with E-state index in [4.69, 9.17) is 0 Å². The lowest BCUT2D eigenvalue weighted by Crippen LogP contribution is -2.01. The summed E-state index contributed by atoms with van der Waals surface area (Å²) in [4.78, 5) is 0.994. The minimum Gasteiger partial charge on any atom is -0.380 e. The summed E-state index contributed by atoms with van der Waals surface area (Å²) in [5.74, 6) is 0. The summed E-state index contributed by atoms with van der Waals surface area (Å²) in [7, 11) is 1.89. The molecule has 2 aromatic rings. The van der Waals surface area contributed by atoms with Crippen LogP contribution in [0.1, 0.15) is 11.1 Å². The van der Waals surface area contributed by atoms with Crippen LogP contribution in [0, 0.1) is 11.3 Å². The highest BCUT2D eigenvalue weighted by Gasteiger charge is 2.07. The van der Waals surface area contributed by atoms with E-state index in [1.807, 2.05) is 43.9 Å². The lowest BCUT2D eigenvalue weighted by atomic mass is 10.2. The van der Waals surface area contributed by atoms with E-state index in [-0.39, 0.29) is 0 Å². The van der Waals surface area contributed by atoms with Gasteiger partial charge >= 0.3 is 0 Å². The first-order valence-corrected chi connectivity index (χ1v) is 6.75. The van der Waals surface area contributed by atoms with Crippen LogP contribution < -0.4 is 5.32 Å². The van der Waals surface area contributed by atoms with E-state index in [1.54, 1.807) is 16.4 Å². The number of thioether (sulfide) groups is 1. The molecule has 0 aliphatic carbocycles. The molecule has 1 heterocycles. The van der Waals surface area contributed by atoms with E-state index >= 15 is 0 Å². The Labute approximate surface area is 111 Å². The number of anilines is 1. The van der Waals surface area contributed by atoms with Gasteiger partial charge in [-0.1, -0.05) is 6.07 Å². The Bertz CT molecular complexity index is 583. The molecule has 0 spiro atoms. The SMILES string of the molecule is CSc1cccc(NCc2cnn(C)c2)c1C#N. The molecule has 0 saturated carbocycles. The van der Waals surface area contributed by atoms with Crippen molar-refractivity contribution in [3.05, 3.63) is 41.7 Å². The highest BCUT2D eigenvalue weighted by molar-refractivity contribution is 7.98. The summed E-state index contributed by atoms with van der Waals surface area (Å²) in [6.45, 7) is 0.667. The largest absolute Gasteiger partial charge is 0.380 e. The van der Waals surface area contributed by atoms with Gasteiger partial charge in [0.25, 0.3) is 0 Å². The third-order valence-corrected chi connectivity index (χ3v) is 3.38. The van der Waals surface area contributed by atoms with Gasteiger partial charge in [0.05, 0.1) is 17.4 Å². The number of hydrogen-bond donors (Lipinski definition) is 1. The van der Waals surface area contributed by atoms with Gasteiger partial charge in [-0.3, -0.25) is 4.68 Å². The number of nitrogens with one attached hydrogen (secondary N) is 1. The van der Waals surface area contributed by atoms with Gasteiger partial charge in [-0.15, -0.1) is 11.8 Å². The molecule has 5 heteroatoms. The summed E-state index contributed by atoms with van der Waals surface area (Å²) in [5.41, 5.74) is 2.66. The molecule has 1 aromatic carbocycles. The second kappa shape index (κ2) is 5.61. The number of benzene rings is 1. The molecule has 18 heavy (non-hydrogen) atoms. The summed E-state index contributed by atoms with van der Waals surface area (Å²) >= 11 is 1.58. The third kappa shape index (κ3) is 2.66. The maximum atomic E-state index is 9.21. The standard InChI is InChI=1S/C13H14N4S/c1-17-9-10(8-16-17)7-15-12-4-3-5-13(18-2)11(12)6-14/h3-5,8-9,15H,7H2,1-2H3. The van der Waals surface area contributed by atoms with Crippen LogP contribution in [0.5, 0.6) is 0 Å². The number of rotatable bonds is 4. The van der Waals surface area contributed by atoms with Crippen LogP contribution in [0.25, 0.3) is 0 Å². The molecule has 2 rings (SSSR count). The fraction of sp³-hybridized carbons (Fsp3) is 0.231. The van der Waals surface area contributed by atoms with Crippen LogP contribution in [-0.2, 0) is 13.6 Å². The number of nitrogens with zero attached hydrogens (tertiary/aromatic N) is 3. The third-order valence-electron chi connectivity index (χ3n) is 2.60. The van der Waals surface area contributed by atoms with Gasteiger partial charge in [-0.05, 0) is 18.4 Å². The van der Waals surface area contributed by atoms with Gasteiger partial charge in [0.15, 0.2) is 0 Å². The van der Waals surface area contributed by atoms with Crippen molar-refractivity contribution in [2.45, 2.75) is 11.4 Å². The maximum Gasteiger partial charge on any atom is 0.102 e. The highest BCUT2D eigenvalue weighted by atomic mass is 32.2. The number of nitriles is 1. The lowest BCUT2D eigenvalue weighted by molar-refractivity contribution is 0.767. The zero-order valence-corrected chi connectivity index (χ0v) is 11.2. The van der Waals surface area contributed by atoms with E-state index in [2.05, 4.69) is 16.5 Å². The van der Waals surface area contributed by atoms with Crippen molar-refractivity contribution in [2.75, 3.05) is 11.6 Å². The van der Waals surface area contributed by atoms with Crippen molar-refractivity contribution < 1.29 is 0 Å². The Morgan fingerprint density at radius 2 is 2.33 bits per heavy atom. The Balaban J connectivity index is 2.17. The Morgan fingerprint density at radius 3 is 2.94 bits per heavy atom. The first kappa shape index (κ1) is 12.5. The van der Waals surface area contributed by atoms with Crippen molar-refractivity contribution in [1.29, 1.82) is 5.26 Å². The maximum absolute atomic E-state index is 9.21. The summed E-state index contributed by atoms with van der Waals surface area (Å²) in [5, 5.41) is 16.6. The molecular weight excluding hydrogens is 244 g/mol. The molecule has 0 bridgehead atoms. The lowest BCUT2D eigenvalue weighted by Gasteiger charge is -2.09. The molecule has 4 nitrogen and oxygen atoms in total. The topological polar surface area (TPSA) is 53.6 Å². The van der Waals surface area contributed by atoms with E-state index in [1.165, 1.54) is 0 Å². The minimum absolute atomic E-state index is 0.667. The van der Waals surface area contributed by atoms with Crippen molar-refractivity contribution in [3.8, 4) is 6.07 Å². The van der Waals surface area contributed by atoms with Gasteiger partial charge in [0.1, 0.15) is 6.07 Å². The molecule has 0 radical (unpaired) electrons. The van der Waals surface area contributed by atoms with Crippen molar-refractivity contribution in [2.24, 2.45) is 7.05 Å². The fourth-order valence-corrected chi connectivity index (χ4v) is 2.30. The minimum atomic E-state index is 0.667. The summed E-state index contributed by atoms with van der Waals surface area (Å²) < 4.78 is 1.76. The average molecular weight is 258 g/mol. The highest BCUT2D eigenvalue weighted by Crippen LogP contribution is 2.26. The van der Waals surface area contributed by atoms with Crippen molar-refractivity contribution in [3.63, 3.8) is 0 Å². The number of aryl methyl sites for hydroxylation is 1. The van der Waals surface area contributed by atoms with Crippen LogP contribution in [0.4, 0.5) is 5.69 Å². The molecule has 0 aliphatic rings. The quantitative estimate of drug-likeness (QED) is 0.857. The molecule has 1 aromatic heterocycles. The second-order valence-corrected chi connectivity index (χ2v) is 4.72. The van der Waals surface area contributed by atoms with Gasteiger partial charge in [-0.25, -0.2) is 0 Å². The number of hydrogen-bond acceptors (Lipinski definition) is 4. The predicted molar refractivity (Wildman–Crippen MR) is 73.5 cm³/mol. The van der Waals surface area contributed by atoms with Gasteiger partial charge < -0.3 is 5.32 Å². The van der Waals surface area contributed by atoms with E-state index in [0.29, 0.717) is 12.1 Å². The van der Waals surface area contributed by atoms with Crippen LogP contribution in [0.3, 0.4) is 0 Å². The summed E-state index contributed by atoms with van der Waals surface area (Å²) in [6, 6.07) is 8.09. The van der Waals surface area contributed by atoms with Gasteiger partial charge in [-0.2, -0.15) is 10.4 Å². The predicted octanol–water partition coefficient (Wildman–Crippen LogP) is 2.63. The Morgan fingerprint density at radius 1 is 1.50 bits per heavy atom. The average Bonchev–Trinajstić information content (AvgIpc) is 2.81. The zero-order valence-electron chi connectivity index (χ0n) is 10.3. The molecule has 0 aliphatic heterocycles. The molecular formula is C13H14N4S. The monoisotopic (exact) mass is 258 g/mol. The second-order valence-electron chi connectivity index (χ2n) is 3.87. The van der Waals surface area contributed by atoms with E-state index < -0.39 is 0 Å². The molecule has 0 fully saturated rings. The smallest absolute Gasteiger partial charge is 0.102 e. The Hall–Kier alpha value is -1.93. The van der Waals surface area contributed by atoms with Crippen LogP contribution >= 0.6 is 11.8 Å². The molecule has 0 unspecified atom stereocenters. The Kier molecular flexibility index (Phi) is 3.90. The first-order valence-electron chi connectivity index (χ1n) is 5.53. The van der Waals surface area contributed by atoms with Crippen LogP contribution in [0.15, 0.2) is 35.5 Å². The molecule has 0 saturated heterocycles. The van der Waals surface area contributed by atoms with E-state index in [0.717, 1.165) is 16.1 Å². The van der Waals surface area contributed by atoms with Crippen LogP contribution in [-0.4, -0.2) is 16.0 Å². The van der Waals surface area contributed by atoms with Crippen molar-refractivity contribution >= 4 is 17.4 Å². The molecule has 0 atom stereocenters. The molecule has 92 valence electrons. The van der Waals surface area contributed by atoms with E-state index in [9.17, 15) is 5.26 Å². The normalized spacial score (nSPS) is 10.1. The van der Waals surface area contributed by atoms with Gasteiger partial charge in [0, 0.05) is 30.2 Å². The summed E-state index contributed by atoms with van der Waals surface area (Å²) in [6.07, 6.45) is 5.75. The van der Waals surface area contributed by atoms with Gasteiger partial charge in [0.2, 0.25) is 0 Å². The van der Waals surface area contributed by atoms with Crippen LogP contribution in [0.2, 0.25) is 0 Å². The molecule has 1 N–H and O–H groups in total. The zero-order chi connectivity index (χ0) is 13.0. The number of aromatic nitrogens is 2. The van der Waals surface area contributed by atoms with Crippen molar-refractivity contribution in [1.82, 2.24) is 9.78 Å². The first-order chi connectivity index (χ1) is 8.74.